The van der Waals surface area contributed by atoms with E-state index in [4.69, 9.17) is 71.1 Å². The summed E-state index contributed by atoms with van der Waals surface area (Å²) in [6.07, 6.45) is 6.93. The molecule has 18 heteroatoms. The Labute approximate surface area is 470 Å². The van der Waals surface area contributed by atoms with E-state index in [1.54, 1.807) is 0 Å². The Balaban J connectivity index is 0.628. The molecule has 0 aromatic heterocycles. The van der Waals surface area contributed by atoms with Gasteiger partial charge in [-0.05, 0) is 85.7 Å². The smallest absolute Gasteiger partial charge is 0.174 e. The fourth-order valence-corrected chi connectivity index (χ4v) is 19.3. The first kappa shape index (κ1) is 53.9. The number of fused-ring (bicyclic) bond motifs is 11. The van der Waals surface area contributed by atoms with Crippen molar-refractivity contribution in [2.45, 2.75) is 320 Å². The van der Waals surface area contributed by atoms with Crippen LogP contribution in [0.5, 0.6) is 0 Å². The highest BCUT2D eigenvalue weighted by molar-refractivity contribution is 5.79. The molecule has 17 rings (SSSR count). The average molecular weight is 1120 g/mol. The monoisotopic (exact) mass is 1120 g/mol. The summed E-state index contributed by atoms with van der Waals surface area (Å²) < 4.78 is 104. The molecular formula is C62H88O18. The van der Waals surface area contributed by atoms with Gasteiger partial charge in [0.25, 0.3) is 0 Å². The lowest BCUT2D eigenvalue weighted by Crippen LogP contribution is -2.62. The highest BCUT2D eigenvalue weighted by Crippen LogP contribution is 2.58. The number of ether oxygens (including phenoxy) is 15. The van der Waals surface area contributed by atoms with Gasteiger partial charge in [-0.2, -0.15) is 0 Å². The van der Waals surface area contributed by atoms with Crippen molar-refractivity contribution in [2.24, 2.45) is 29.6 Å². The molecule has 2 N–H and O–H groups in total. The SMILES string of the molecule is C=C1C[C@@H]2CC[C@@]34CC5O[C@H]6[C@@H](O3)[C@H]3O[C@H](CC[C@@H]3O[C@H]6C5O4)CC(=O)C[C@@H]3[C@@H](C)[C@@H]4O[C@@H]5C[C@]6(C[C@@H]7O[C@]8(C[C@H](C)[C@@H]9O[C@@H]%10C[C@@H]([C@@H](O)CO)O[C@@H]%10C[C@@H]9O8)C[C@H](C)[C@@H]7O6)O[C@@H]5C[C@@H]4O[C@H]3C[C@H]3O[C@@H](CC[C@@H]1O2)C[C@@H](C)C3=C. The Morgan fingerprint density at radius 3 is 2.00 bits per heavy atom. The van der Waals surface area contributed by atoms with Gasteiger partial charge in [-0.15, -0.1) is 0 Å². The van der Waals surface area contributed by atoms with Crippen LogP contribution in [-0.4, -0.2) is 193 Å². The average Bonchev–Trinajstić information content (AvgIpc) is 3.61. The van der Waals surface area contributed by atoms with Crippen LogP contribution < -0.4 is 0 Å². The standard InChI is InChI=1S/C62H88O18/c1-27-13-34-7-9-39-28(2)14-36(66-39)11-12-60-24-50-56(79-60)57-58(74-50)59(80-60)55-40(71-57)10-8-35(68-55)15-33(64)16-37-32(6)54-47(69-42(37)17-41(67-34)31(27)5)20-46-49(73-54)23-62(75-46)25-51-53(78-62)30(4)22-61(77-51)21-29(3)52-48(76-61)19-44-45(72-52)18-43(70-44)38(65)26-63/h27,29-30,32,34-59,63,65H,2,5,7-26H2,1,3-4,6H3/t27-,29+,30+,32-,34+,35-,36+,37-,38+,39+,40+,41-,42+,43+,44-,45-,46-,47+,48+,49-,50?,51+,52+,53+,54+,55+,56?,57+,58-,59+,60+,61-,62+/m1/s1. The molecule has 0 aromatic rings. The van der Waals surface area contributed by atoms with E-state index >= 15 is 0 Å². The Morgan fingerprint density at radius 1 is 0.475 bits per heavy atom. The molecule has 3 spiro atoms. The second-order valence-electron chi connectivity index (χ2n) is 28.6. The van der Waals surface area contributed by atoms with Gasteiger partial charge in [-0.25, -0.2) is 0 Å². The van der Waals surface area contributed by atoms with Gasteiger partial charge >= 0.3 is 0 Å². The van der Waals surface area contributed by atoms with Crippen molar-refractivity contribution in [3.8, 4) is 0 Å². The first-order valence-electron chi connectivity index (χ1n) is 31.7. The maximum Gasteiger partial charge on any atom is 0.174 e. The lowest BCUT2D eigenvalue weighted by Gasteiger charge is -2.54. The fraction of sp³-hybridized carbons (Fsp3) is 0.919. The first-order chi connectivity index (χ1) is 38.6. The van der Waals surface area contributed by atoms with Gasteiger partial charge in [-0.3, -0.25) is 4.79 Å². The topological polar surface area (TPSA) is 196 Å². The third kappa shape index (κ3) is 9.04. The van der Waals surface area contributed by atoms with Crippen molar-refractivity contribution in [2.75, 3.05) is 6.61 Å². The summed E-state index contributed by atoms with van der Waals surface area (Å²) >= 11 is 0. The van der Waals surface area contributed by atoms with Crippen molar-refractivity contribution in [3.05, 3.63) is 24.3 Å². The van der Waals surface area contributed by atoms with Gasteiger partial charge < -0.3 is 81.3 Å². The van der Waals surface area contributed by atoms with Crippen LogP contribution in [0.3, 0.4) is 0 Å². The van der Waals surface area contributed by atoms with Crippen LogP contribution in [0.1, 0.15) is 150 Å². The molecule has 444 valence electrons. The van der Waals surface area contributed by atoms with Gasteiger partial charge in [0.05, 0.1) is 123 Å². The second-order valence-corrected chi connectivity index (χ2v) is 28.6. The number of ketones is 1. The zero-order valence-corrected chi connectivity index (χ0v) is 47.3. The van der Waals surface area contributed by atoms with E-state index in [1.807, 2.05) is 0 Å². The van der Waals surface area contributed by atoms with Crippen LogP contribution in [0, 0.1) is 29.6 Å². The van der Waals surface area contributed by atoms with E-state index in [0.29, 0.717) is 77.0 Å². The van der Waals surface area contributed by atoms with Crippen LogP contribution >= 0.6 is 0 Å². The van der Waals surface area contributed by atoms with E-state index in [1.165, 1.54) is 0 Å². The van der Waals surface area contributed by atoms with Gasteiger partial charge in [0.2, 0.25) is 0 Å². The Morgan fingerprint density at radius 2 is 1.14 bits per heavy atom. The minimum atomic E-state index is -0.936. The highest BCUT2D eigenvalue weighted by atomic mass is 16.8. The van der Waals surface area contributed by atoms with Crippen LogP contribution in [-0.2, 0) is 75.8 Å². The highest BCUT2D eigenvalue weighted by Gasteiger charge is 2.70. The minimum absolute atomic E-state index is 0.00646. The number of rotatable bonds is 2. The maximum absolute atomic E-state index is 14.8. The van der Waals surface area contributed by atoms with Gasteiger partial charge in [0, 0.05) is 77.0 Å². The summed E-state index contributed by atoms with van der Waals surface area (Å²) in [5.74, 6) is -1.88. The van der Waals surface area contributed by atoms with E-state index in [9.17, 15) is 15.0 Å². The number of hydrogen-bond donors (Lipinski definition) is 2. The Hall–Kier alpha value is -1.53. The normalized spacial score (nSPS) is 59.0. The van der Waals surface area contributed by atoms with E-state index < -0.39 is 29.6 Å². The van der Waals surface area contributed by atoms with Crippen molar-refractivity contribution >= 4 is 5.78 Å². The van der Waals surface area contributed by atoms with Crippen molar-refractivity contribution in [1.29, 1.82) is 0 Å². The summed E-state index contributed by atoms with van der Waals surface area (Å²) in [5, 5.41) is 20.0. The number of carbonyl (C=O) groups is 1. The molecule has 2 unspecified atom stereocenters. The molecule has 33 atom stereocenters. The van der Waals surface area contributed by atoms with Gasteiger partial charge in [-0.1, -0.05) is 40.9 Å². The molecule has 17 fully saturated rings. The van der Waals surface area contributed by atoms with Crippen LogP contribution in [0.2, 0.25) is 0 Å². The summed E-state index contributed by atoms with van der Waals surface area (Å²) in [6.45, 7) is 17.8. The molecule has 80 heavy (non-hydrogen) atoms. The predicted octanol–water partition coefficient (Wildman–Crippen LogP) is 6.00. The zero-order valence-electron chi connectivity index (χ0n) is 47.3. The summed E-state index contributed by atoms with van der Waals surface area (Å²) in [7, 11) is 0. The van der Waals surface area contributed by atoms with Gasteiger partial charge in [0.1, 0.15) is 42.4 Å². The molecule has 17 aliphatic heterocycles. The third-order valence-corrected chi connectivity index (χ3v) is 23.1. The maximum atomic E-state index is 14.8. The van der Waals surface area contributed by atoms with Crippen molar-refractivity contribution in [1.82, 2.24) is 0 Å². The second kappa shape index (κ2) is 20.0. The lowest BCUT2D eigenvalue weighted by atomic mass is 9.72. The zero-order chi connectivity index (χ0) is 54.3. The summed E-state index contributed by atoms with van der Waals surface area (Å²) in [5.41, 5.74) is 2.23. The number of aliphatic hydroxyl groups is 2. The fourth-order valence-electron chi connectivity index (χ4n) is 19.3. The molecule has 17 heterocycles. The molecule has 0 aliphatic carbocycles. The molecule has 12 bridgehead atoms. The van der Waals surface area contributed by atoms with Crippen LogP contribution in [0.4, 0.5) is 0 Å². The predicted molar refractivity (Wildman–Crippen MR) is 280 cm³/mol. The molecule has 0 aromatic carbocycles. The Bertz CT molecular complexity index is 2410. The van der Waals surface area contributed by atoms with E-state index in [2.05, 4.69) is 40.9 Å². The molecule has 17 saturated heterocycles. The summed E-state index contributed by atoms with van der Waals surface area (Å²) in [4.78, 5) is 14.8. The molecule has 18 nitrogen and oxygen atoms in total. The third-order valence-electron chi connectivity index (χ3n) is 23.1. The van der Waals surface area contributed by atoms with Crippen LogP contribution in [0.25, 0.3) is 0 Å². The quantitative estimate of drug-likeness (QED) is 0.306. The largest absolute Gasteiger partial charge is 0.394 e. The lowest BCUT2D eigenvalue weighted by molar-refractivity contribution is -0.369. The van der Waals surface area contributed by atoms with E-state index in [-0.39, 0.29) is 182 Å². The number of carbonyl (C=O) groups excluding carboxylic acids is 1. The van der Waals surface area contributed by atoms with Crippen molar-refractivity contribution in [3.63, 3.8) is 0 Å². The molecular weight excluding hydrogens is 1030 g/mol. The van der Waals surface area contributed by atoms with Gasteiger partial charge in [0.15, 0.2) is 17.4 Å². The minimum Gasteiger partial charge on any atom is -0.394 e. The first-order valence-corrected chi connectivity index (χ1v) is 31.7. The van der Waals surface area contributed by atoms with Crippen LogP contribution in [0.15, 0.2) is 24.3 Å². The Kier molecular flexibility index (Phi) is 13.5. The molecule has 0 saturated carbocycles. The van der Waals surface area contributed by atoms with E-state index in [0.717, 1.165) is 56.1 Å². The number of Topliss-reactive ketones (excluding diaryl/α,β-unsaturated/α-hetero) is 1. The number of hydrogen-bond acceptors (Lipinski definition) is 18. The molecule has 0 radical (unpaired) electrons. The molecule has 17 aliphatic rings. The van der Waals surface area contributed by atoms with Crippen molar-refractivity contribution < 1.29 is 86.1 Å². The molecule has 0 amide bonds. The summed E-state index contributed by atoms with van der Waals surface area (Å²) in [6, 6.07) is 0. The number of aliphatic hydroxyl groups excluding tert-OH is 2.